The van der Waals surface area contributed by atoms with E-state index in [1.54, 1.807) is 19.2 Å². The Kier molecular flexibility index (Phi) is 8.07. The topological polar surface area (TPSA) is 105 Å². The van der Waals surface area contributed by atoms with Crippen molar-refractivity contribution >= 4 is 50.0 Å². The lowest BCUT2D eigenvalue weighted by atomic mass is 10.1. The van der Waals surface area contributed by atoms with Crippen LogP contribution < -0.4 is 20.7 Å². The van der Waals surface area contributed by atoms with E-state index in [1.807, 2.05) is 66.7 Å². The van der Waals surface area contributed by atoms with Crippen molar-refractivity contribution in [2.45, 2.75) is 12.5 Å². The Balaban J connectivity index is 1.47. The van der Waals surface area contributed by atoms with Crippen LogP contribution in [0.4, 0.5) is 15.6 Å². The van der Waals surface area contributed by atoms with Gasteiger partial charge in [-0.05, 0) is 42.0 Å². The molecule has 10 heteroatoms. The maximum Gasteiger partial charge on any atom is 0.319 e. The zero-order chi connectivity index (χ0) is 24.6. The highest BCUT2D eigenvalue weighted by atomic mass is 79.9. The number of hydrogen-bond acceptors (Lipinski definition) is 6. The van der Waals surface area contributed by atoms with E-state index >= 15 is 0 Å². The lowest BCUT2D eigenvalue weighted by Gasteiger charge is -2.18. The van der Waals surface area contributed by atoms with E-state index in [0.29, 0.717) is 28.0 Å². The summed E-state index contributed by atoms with van der Waals surface area (Å²) in [4.78, 5) is 25.8. The standard InChI is InChI=1S/C25H22BrN5O3S/c1-34-20-9-5-8-17(15-20)23-30-31-25(35-23)29-22(32)21(14-16-6-3-2-4-7-16)28-24(33)27-19-12-10-18(26)11-13-19/h2-13,15,21H,14H2,1H3,(H2,27,28,33)(H,29,31,32). The van der Waals surface area contributed by atoms with Crippen molar-refractivity contribution in [1.29, 1.82) is 0 Å². The van der Waals surface area contributed by atoms with Gasteiger partial charge >= 0.3 is 6.03 Å². The summed E-state index contributed by atoms with van der Waals surface area (Å²) >= 11 is 4.60. The van der Waals surface area contributed by atoms with Crippen molar-refractivity contribution in [2.75, 3.05) is 17.7 Å². The van der Waals surface area contributed by atoms with Gasteiger partial charge in [0.25, 0.3) is 0 Å². The predicted molar refractivity (Wildman–Crippen MR) is 141 cm³/mol. The summed E-state index contributed by atoms with van der Waals surface area (Å²) < 4.78 is 6.16. The van der Waals surface area contributed by atoms with Crippen molar-refractivity contribution in [3.8, 4) is 16.3 Å². The Morgan fingerprint density at radius 2 is 1.74 bits per heavy atom. The number of rotatable bonds is 8. The molecule has 3 aromatic carbocycles. The molecule has 0 radical (unpaired) electrons. The van der Waals surface area contributed by atoms with E-state index in [0.717, 1.165) is 15.6 Å². The summed E-state index contributed by atoms with van der Waals surface area (Å²) in [6, 6.07) is 22.7. The van der Waals surface area contributed by atoms with Crippen LogP contribution in [0.3, 0.4) is 0 Å². The van der Waals surface area contributed by atoms with Crippen molar-refractivity contribution in [3.05, 3.63) is 88.9 Å². The smallest absolute Gasteiger partial charge is 0.319 e. The van der Waals surface area contributed by atoms with E-state index in [9.17, 15) is 9.59 Å². The molecule has 1 atom stereocenters. The number of nitrogens with zero attached hydrogens (tertiary/aromatic N) is 2. The van der Waals surface area contributed by atoms with Gasteiger partial charge in [-0.2, -0.15) is 0 Å². The summed E-state index contributed by atoms with van der Waals surface area (Å²) in [6.45, 7) is 0. The SMILES string of the molecule is COc1cccc(-c2nnc(NC(=O)C(Cc3ccccc3)NC(=O)Nc3ccc(Br)cc3)s2)c1. The van der Waals surface area contributed by atoms with Gasteiger partial charge in [-0.3, -0.25) is 10.1 Å². The number of urea groups is 1. The molecule has 8 nitrogen and oxygen atoms in total. The third kappa shape index (κ3) is 6.87. The average molecular weight is 552 g/mol. The Hall–Kier alpha value is -3.76. The minimum atomic E-state index is -0.836. The molecule has 0 saturated carbocycles. The first-order valence-corrected chi connectivity index (χ1v) is 12.3. The second-order valence-electron chi connectivity index (χ2n) is 7.48. The molecule has 35 heavy (non-hydrogen) atoms. The van der Waals surface area contributed by atoms with E-state index < -0.39 is 18.0 Å². The van der Waals surface area contributed by atoms with Crippen molar-refractivity contribution in [2.24, 2.45) is 0 Å². The molecule has 0 aliphatic carbocycles. The van der Waals surface area contributed by atoms with Gasteiger partial charge < -0.3 is 15.4 Å². The second-order valence-corrected chi connectivity index (χ2v) is 9.37. The molecule has 0 fully saturated rings. The highest BCUT2D eigenvalue weighted by Crippen LogP contribution is 2.28. The summed E-state index contributed by atoms with van der Waals surface area (Å²) in [5.74, 6) is 0.306. The van der Waals surface area contributed by atoms with Gasteiger partial charge in [0.1, 0.15) is 16.8 Å². The van der Waals surface area contributed by atoms with Crippen LogP contribution >= 0.6 is 27.3 Å². The van der Waals surface area contributed by atoms with E-state index in [1.165, 1.54) is 11.3 Å². The zero-order valence-corrected chi connectivity index (χ0v) is 21.1. The number of carbonyl (C=O) groups excluding carboxylic acids is 2. The molecular weight excluding hydrogens is 530 g/mol. The van der Waals surface area contributed by atoms with Gasteiger partial charge in [0.2, 0.25) is 11.0 Å². The van der Waals surface area contributed by atoms with Gasteiger partial charge in [-0.1, -0.05) is 69.7 Å². The van der Waals surface area contributed by atoms with Crippen LogP contribution in [0.5, 0.6) is 5.75 Å². The van der Waals surface area contributed by atoms with Crippen molar-refractivity contribution in [1.82, 2.24) is 15.5 Å². The third-order valence-electron chi connectivity index (χ3n) is 4.98. The number of halogens is 1. The van der Waals surface area contributed by atoms with Crippen LogP contribution in [0.1, 0.15) is 5.56 Å². The van der Waals surface area contributed by atoms with Crippen LogP contribution in [0, 0.1) is 0 Å². The first-order chi connectivity index (χ1) is 17.0. The lowest BCUT2D eigenvalue weighted by molar-refractivity contribution is -0.117. The highest BCUT2D eigenvalue weighted by Gasteiger charge is 2.23. The fraction of sp³-hybridized carbons (Fsp3) is 0.120. The number of nitrogens with one attached hydrogen (secondary N) is 3. The predicted octanol–water partition coefficient (Wildman–Crippen LogP) is 5.35. The largest absolute Gasteiger partial charge is 0.497 e. The Morgan fingerprint density at radius 1 is 0.971 bits per heavy atom. The number of carbonyl (C=O) groups is 2. The van der Waals surface area contributed by atoms with Gasteiger partial charge in [-0.15, -0.1) is 10.2 Å². The molecule has 1 heterocycles. The highest BCUT2D eigenvalue weighted by molar-refractivity contribution is 9.10. The van der Waals surface area contributed by atoms with Crippen LogP contribution in [0.2, 0.25) is 0 Å². The van der Waals surface area contributed by atoms with E-state index in [2.05, 4.69) is 42.1 Å². The molecule has 0 aliphatic rings. The maximum absolute atomic E-state index is 13.2. The van der Waals surface area contributed by atoms with Gasteiger partial charge in [-0.25, -0.2) is 4.79 Å². The maximum atomic E-state index is 13.2. The van der Waals surface area contributed by atoms with Crippen LogP contribution in [-0.2, 0) is 11.2 Å². The number of ether oxygens (including phenoxy) is 1. The molecule has 0 saturated heterocycles. The molecule has 3 amide bonds. The Morgan fingerprint density at radius 3 is 2.49 bits per heavy atom. The molecule has 3 N–H and O–H groups in total. The fourth-order valence-electron chi connectivity index (χ4n) is 3.26. The zero-order valence-electron chi connectivity index (χ0n) is 18.7. The second kappa shape index (κ2) is 11.6. The van der Waals surface area contributed by atoms with Crippen LogP contribution in [0.25, 0.3) is 10.6 Å². The lowest BCUT2D eigenvalue weighted by Crippen LogP contribution is -2.46. The molecule has 1 aromatic heterocycles. The quantitative estimate of drug-likeness (QED) is 0.274. The van der Waals surface area contributed by atoms with E-state index in [4.69, 9.17) is 4.74 Å². The fourth-order valence-corrected chi connectivity index (χ4v) is 4.26. The average Bonchev–Trinajstić information content (AvgIpc) is 3.34. The monoisotopic (exact) mass is 551 g/mol. The molecule has 0 spiro atoms. The number of benzene rings is 3. The van der Waals surface area contributed by atoms with Gasteiger partial charge in [0.05, 0.1) is 7.11 Å². The number of amides is 3. The minimum Gasteiger partial charge on any atom is -0.497 e. The number of aromatic nitrogens is 2. The molecule has 0 bridgehead atoms. The number of hydrogen-bond donors (Lipinski definition) is 3. The van der Waals surface area contributed by atoms with Gasteiger partial charge in [0, 0.05) is 22.1 Å². The minimum absolute atomic E-state index is 0.308. The third-order valence-corrected chi connectivity index (χ3v) is 6.39. The van der Waals surface area contributed by atoms with Crippen LogP contribution in [-0.4, -0.2) is 35.3 Å². The Labute approximate surface area is 214 Å². The van der Waals surface area contributed by atoms with E-state index in [-0.39, 0.29) is 0 Å². The van der Waals surface area contributed by atoms with Crippen LogP contribution in [0.15, 0.2) is 83.3 Å². The molecule has 178 valence electrons. The molecular formula is C25H22BrN5O3S. The summed E-state index contributed by atoms with van der Waals surface area (Å²) in [7, 11) is 1.59. The van der Waals surface area contributed by atoms with Crippen molar-refractivity contribution < 1.29 is 14.3 Å². The van der Waals surface area contributed by atoms with Crippen molar-refractivity contribution in [3.63, 3.8) is 0 Å². The molecule has 1 unspecified atom stereocenters. The summed E-state index contributed by atoms with van der Waals surface area (Å²) in [5.41, 5.74) is 2.35. The molecule has 4 aromatic rings. The first kappa shape index (κ1) is 24.4. The normalized spacial score (nSPS) is 11.4. The first-order valence-electron chi connectivity index (χ1n) is 10.7. The summed E-state index contributed by atoms with van der Waals surface area (Å²) in [5, 5.41) is 17.5. The number of anilines is 2. The number of methoxy groups -OCH3 is 1. The molecule has 4 rings (SSSR count). The Bertz CT molecular complexity index is 1300. The molecule has 0 aliphatic heterocycles. The summed E-state index contributed by atoms with van der Waals surface area (Å²) in [6.07, 6.45) is 0.308. The van der Waals surface area contributed by atoms with Gasteiger partial charge in [0.15, 0.2) is 0 Å².